The van der Waals surface area contributed by atoms with Crippen LogP contribution in [0.5, 0.6) is 5.75 Å². The molecule has 0 fully saturated rings. The van der Waals surface area contributed by atoms with Crippen LogP contribution in [0.25, 0.3) is 10.8 Å². The molecule has 0 saturated heterocycles. The Kier molecular flexibility index (Phi) is 4.78. The molecule has 1 N–H and O–H groups in total. The molecule has 0 heterocycles. The van der Waals surface area contributed by atoms with Crippen molar-refractivity contribution in [3.63, 3.8) is 0 Å². The maximum absolute atomic E-state index is 12.0. The van der Waals surface area contributed by atoms with Gasteiger partial charge in [-0.05, 0) is 57.0 Å². The van der Waals surface area contributed by atoms with Crippen molar-refractivity contribution in [1.29, 1.82) is 5.26 Å². The normalized spacial score (nSPS) is 10.2. The predicted molar refractivity (Wildman–Crippen MR) is 96.9 cm³/mol. The van der Waals surface area contributed by atoms with Crippen LogP contribution in [0.2, 0.25) is 0 Å². The summed E-state index contributed by atoms with van der Waals surface area (Å²) in [7, 11) is 0. The van der Waals surface area contributed by atoms with Gasteiger partial charge in [-0.1, -0.05) is 30.3 Å². The molecule has 4 nitrogen and oxygen atoms in total. The maximum Gasteiger partial charge on any atom is 0.262 e. The highest BCUT2D eigenvalue weighted by atomic mass is 79.9. The molecule has 24 heavy (non-hydrogen) atoms. The molecule has 0 atom stereocenters. The van der Waals surface area contributed by atoms with E-state index in [1.807, 2.05) is 42.5 Å². The fourth-order valence-corrected chi connectivity index (χ4v) is 2.90. The summed E-state index contributed by atoms with van der Waals surface area (Å²) in [5.74, 6) is 0.350. The van der Waals surface area contributed by atoms with Crippen molar-refractivity contribution in [1.82, 2.24) is 0 Å². The lowest BCUT2D eigenvalue weighted by Crippen LogP contribution is -2.20. The van der Waals surface area contributed by atoms with Crippen molar-refractivity contribution >= 4 is 38.3 Å². The third kappa shape index (κ3) is 3.55. The van der Waals surface area contributed by atoms with Crippen LogP contribution in [-0.4, -0.2) is 12.5 Å². The zero-order valence-electron chi connectivity index (χ0n) is 12.6. The first-order valence-electron chi connectivity index (χ1n) is 7.27. The highest BCUT2D eigenvalue weighted by Crippen LogP contribution is 2.32. The topological polar surface area (TPSA) is 62.1 Å². The lowest BCUT2D eigenvalue weighted by atomic mass is 10.1. The molecule has 1 amide bonds. The van der Waals surface area contributed by atoms with Crippen molar-refractivity contribution in [3.8, 4) is 11.8 Å². The van der Waals surface area contributed by atoms with Gasteiger partial charge in [-0.25, -0.2) is 0 Å². The van der Waals surface area contributed by atoms with Gasteiger partial charge in [0, 0.05) is 5.69 Å². The first kappa shape index (κ1) is 16.0. The second kappa shape index (κ2) is 7.16. The molecule has 0 radical (unpaired) electrons. The Morgan fingerprint density at radius 3 is 2.58 bits per heavy atom. The lowest BCUT2D eigenvalue weighted by Gasteiger charge is -2.10. The summed E-state index contributed by atoms with van der Waals surface area (Å²) < 4.78 is 6.44. The fraction of sp³-hybridized carbons (Fsp3) is 0.0526. The molecule has 3 aromatic carbocycles. The van der Waals surface area contributed by atoms with E-state index in [0.29, 0.717) is 17.0 Å². The molecule has 118 valence electrons. The van der Waals surface area contributed by atoms with Gasteiger partial charge in [-0.15, -0.1) is 0 Å². The lowest BCUT2D eigenvalue weighted by molar-refractivity contribution is -0.118. The SMILES string of the molecule is N#Cc1ccc(NC(=O)COc2ccc3ccccc3c2Br)cc1. The minimum Gasteiger partial charge on any atom is -0.483 e. The third-order valence-electron chi connectivity index (χ3n) is 3.48. The van der Waals surface area contributed by atoms with E-state index in [1.165, 1.54) is 0 Å². The number of ether oxygens (including phenoxy) is 1. The number of benzene rings is 3. The molecular weight excluding hydrogens is 368 g/mol. The Labute approximate surface area is 147 Å². The maximum atomic E-state index is 12.0. The van der Waals surface area contributed by atoms with Crippen LogP contribution in [0.4, 0.5) is 5.69 Å². The minimum atomic E-state index is -0.264. The van der Waals surface area contributed by atoms with E-state index < -0.39 is 0 Å². The van der Waals surface area contributed by atoms with Crippen molar-refractivity contribution in [2.75, 3.05) is 11.9 Å². The quantitative estimate of drug-likeness (QED) is 0.724. The van der Waals surface area contributed by atoms with Gasteiger partial charge in [0.15, 0.2) is 6.61 Å². The number of carbonyl (C=O) groups excluding carboxylic acids is 1. The largest absolute Gasteiger partial charge is 0.483 e. The zero-order valence-corrected chi connectivity index (χ0v) is 14.2. The second-order valence-electron chi connectivity index (χ2n) is 5.12. The summed E-state index contributed by atoms with van der Waals surface area (Å²) in [5, 5.41) is 13.6. The molecule has 0 unspecified atom stereocenters. The molecule has 3 rings (SSSR count). The zero-order chi connectivity index (χ0) is 16.9. The van der Waals surface area contributed by atoms with E-state index in [4.69, 9.17) is 10.00 Å². The Morgan fingerprint density at radius 1 is 1.08 bits per heavy atom. The van der Waals surface area contributed by atoms with E-state index >= 15 is 0 Å². The minimum absolute atomic E-state index is 0.100. The summed E-state index contributed by atoms with van der Waals surface area (Å²) in [6, 6.07) is 20.4. The molecule has 5 heteroatoms. The number of rotatable bonds is 4. The highest BCUT2D eigenvalue weighted by Gasteiger charge is 2.09. The molecule has 0 aromatic heterocycles. The van der Waals surface area contributed by atoms with Gasteiger partial charge in [-0.2, -0.15) is 5.26 Å². The van der Waals surface area contributed by atoms with Gasteiger partial charge in [0.05, 0.1) is 16.1 Å². The number of halogens is 1. The summed E-state index contributed by atoms with van der Waals surface area (Å²) in [6.45, 7) is -0.100. The van der Waals surface area contributed by atoms with Crippen LogP contribution in [0.1, 0.15) is 5.56 Å². The first-order chi connectivity index (χ1) is 11.7. The van der Waals surface area contributed by atoms with Gasteiger partial charge in [-0.3, -0.25) is 4.79 Å². The number of nitrogens with zero attached hydrogens (tertiary/aromatic N) is 1. The van der Waals surface area contributed by atoms with Gasteiger partial charge in [0.25, 0.3) is 5.91 Å². The van der Waals surface area contributed by atoms with Crippen LogP contribution in [0.3, 0.4) is 0 Å². The van der Waals surface area contributed by atoms with E-state index in [9.17, 15) is 4.79 Å². The number of nitrogens with one attached hydrogen (secondary N) is 1. The Bertz CT molecular complexity index is 930. The van der Waals surface area contributed by atoms with E-state index in [-0.39, 0.29) is 12.5 Å². The standard InChI is InChI=1S/C19H13BrN2O2/c20-19-16-4-2-1-3-14(16)7-10-17(19)24-12-18(23)22-15-8-5-13(11-21)6-9-15/h1-10H,12H2,(H,22,23). The van der Waals surface area contributed by atoms with E-state index in [0.717, 1.165) is 15.2 Å². The molecule has 3 aromatic rings. The Hall–Kier alpha value is -2.84. The summed E-state index contributed by atoms with van der Waals surface area (Å²) in [6.07, 6.45) is 0. The van der Waals surface area contributed by atoms with Crippen molar-refractivity contribution in [2.24, 2.45) is 0 Å². The fourth-order valence-electron chi connectivity index (χ4n) is 2.29. The number of anilines is 1. The number of carbonyl (C=O) groups is 1. The molecule has 0 spiro atoms. The smallest absolute Gasteiger partial charge is 0.262 e. The number of nitriles is 1. The highest BCUT2D eigenvalue weighted by molar-refractivity contribution is 9.10. The van der Waals surface area contributed by atoms with Gasteiger partial charge in [0.1, 0.15) is 5.75 Å². The van der Waals surface area contributed by atoms with Crippen LogP contribution in [0, 0.1) is 11.3 Å². The number of fused-ring (bicyclic) bond motifs is 1. The average Bonchev–Trinajstić information content (AvgIpc) is 2.62. The molecular formula is C19H13BrN2O2. The Balaban J connectivity index is 1.65. The van der Waals surface area contributed by atoms with Crippen molar-refractivity contribution < 1.29 is 9.53 Å². The monoisotopic (exact) mass is 380 g/mol. The molecule has 0 aliphatic rings. The number of amides is 1. The van der Waals surface area contributed by atoms with Crippen LogP contribution >= 0.6 is 15.9 Å². The van der Waals surface area contributed by atoms with Crippen molar-refractivity contribution in [2.45, 2.75) is 0 Å². The van der Waals surface area contributed by atoms with E-state index in [2.05, 4.69) is 21.2 Å². The average molecular weight is 381 g/mol. The third-order valence-corrected chi connectivity index (χ3v) is 4.30. The predicted octanol–water partition coefficient (Wildman–Crippen LogP) is 4.49. The van der Waals surface area contributed by atoms with E-state index in [1.54, 1.807) is 24.3 Å². The number of hydrogen-bond donors (Lipinski definition) is 1. The molecule has 0 bridgehead atoms. The van der Waals surface area contributed by atoms with Crippen molar-refractivity contribution in [3.05, 3.63) is 70.7 Å². The number of hydrogen-bond acceptors (Lipinski definition) is 3. The second-order valence-corrected chi connectivity index (χ2v) is 5.92. The van der Waals surface area contributed by atoms with Crippen LogP contribution in [0.15, 0.2) is 65.1 Å². The van der Waals surface area contributed by atoms with Gasteiger partial charge in [0.2, 0.25) is 0 Å². The summed E-state index contributed by atoms with van der Waals surface area (Å²) in [4.78, 5) is 12.0. The summed E-state index contributed by atoms with van der Waals surface area (Å²) in [5.41, 5.74) is 1.17. The van der Waals surface area contributed by atoms with Gasteiger partial charge >= 0.3 is 0 Å². The summed E-state index contributed by atoms with van der Waals surface area (Å²) >= 11 is 3.53. The Morgan fingerprint density at radius 2 is 1.83 bits per heavy atom. The van der Waals surface area contributed by atoms with Crippen LogP contribution < -0.4 is 10.1 Å². The molecule has 0 aliphatic carbocycles. The van der Waals surface area contributed by atoms with Gasteiger partial charge < -0.3 is 10.1 Å². The molecule has 0 aliphatic heterocycles. The van der Waals surface area contributed by atoms with Crippen LogP contribution in [-0.2, 0) is 4.79 Å². The first-order valence-corrected chi connectivity index (χ1v) is 8.07. The molecule has 0 saturated carbocycles.